The molecule has 0 spiro atoms. The van der Waals surface area contributed by atoms with Crippen molar-refractivity contribution in [3.63, 3.8) is 0 Å². The van der Waals surface area contributed by atoms with Crippen LogP contribution in [0.1, 0.15) is 41.3 Å². The predicted octanol–water partition coefficient (Wildman–Crippen LogP) is 4.77. The number of aromatic amines is 1. The van der Waals surface area contributed by atoms with Crippen molar-refractivity contribution in [2.75, 3.05) is 19.6 Å². The van der Waals surface area contributed by atoms with Crippen molar-refractivity contribution in [1.29, 1.82) is 0 Å². The van der Waals surface area contributed by atoms with Crippen LogP contribution in [0.3, 0.4) is 0 Å². The number of rotatable bonds is 5. The minimum atomic E-state index is -0.439. The lowest BCUT2D eigenvalue weighted by Crippen LogP contribution is -2.37. The standard InChI is InChI=1S/C24H30N2O/c1-17-8-9-22-21(14-17)24(18(2)25-22)23(27)16-26-12-10-20(11-13-26)15-19-6-4-3-5-7-19/h3-9,14,20,23,25,27H,10-13,15-16H2,1-2H3/t23-/m1/s1. The number of hydrogen-bond donors (Lipinski definition) is 2. The van der Waals surface area contributed by atoms with E-state index < -0.39 is 6.10 Å². The fraction of sp³-hybridized carbons (Fsp3) is 0.417. The molecule has 1 saturated heterocycles. The minimum Gasteiger partial charge on any atom is -0.387 e. The first-order chi connectivity index (χ1) is 13.1. The van der Waals surface area contributed by atoms with E-state index in [1.54, 1.807) is 0 Å². The molecule has 3 aromatic rings. The highest BCUT2D eigenvalue weighted by Crippen LogP contribution is 2.30. The number of fused-ring (bicyclic) bond motifs is 1. The third-order valence-corrected chi connectivity index (χ3v) is 6.03. The molecule has 2 N–H and O–H groups in total. The molecule has 2 heterocycles. The fourth-order valence-electron chi connectivity index (χ4n) is 4.55. The normalized spacial score (nSPS) is 17.4. The highest BCUT2D eigenvalue weighted by atomic mass is 16.3. The second kappa shape index (κ2) is 7.87. The Morgan fingerprint density at radius 3 is 2.56 bits per heavy atom. The summed E-state index contributed by atoms with van der Waals surface area (Å²) in [4.78, 5) is 5.86. The average Bonchev–Trinajstić information content (AvgIpc) is 2.99. The maximum absolute atomic E-state index is 11.0. The number of aromatic nitrogens is 1. The summed E-state index contributed by atoms with van der Waals surface area (Å²) < 4.78 is 0. The number of hydrogen-bond acceptors (Lipinski definition) is 2. The topological polar surface area (TPSA) is 39.3 Å². The monoisotopic (exact) mass is 362 g/mol. The third-order valence-electron chi connectivity index (χ3n) is 6.03. The van der Waals surface area contributed by atoms with E-state index in [-0.39, 0.29) is 0 Å². The number of likely N-dealkylation sites (tertiary alicyclic amines) is 1. The molecule has 3 heteroatoms. The second-order valence-corrected chi connectivity index (χ2v) is 8.16. The summed E-state index contributed by atoms with van der Waals surface area (Å²) in [5, 5.41) is 12.1. The Morgan fingerprint density at radius 1 is 1.07 bits per heavy atom. The van der Waals surface area contributed by atoms with Gasteiger partial charge in [-0.05, 0) is 69.8 Å². The van der Waals surface area contributed by atoms with Crippen LogP contribution < -0.4 is 0 Å². The highest BCUT2D eigenvalue weighted by Gasteiger charge is 2.24. The van der Waals surface area contributed by atoms with E-state index in [4.69, 9.17) is 0 Å². The Hall–Kier alpha value is -2.10. The van der Waals surface area contributed by atoms with Crippen LogP contribution in [0, 0.1) is 19.8 Å². The van der Waals surface area contributed by atoms with Gasteiger partial charge in [0.25, 0.3) is 0 Å². The molecule has 4 rings (SSSR count). The largest absolute Gasteiger partial charge is 0.387 e. The number of nitrogens with zero attached hydrogens (tertiary/aromatic N) is 1. The summed E-state index contributed by atoms with van der Waals surface area (Å²) in [5.74, 6) is 0.762. The van der Waals surface area contributed by atoms with Crippen LogP contribution >= 0.6 is 0 Å². The maximum Gasteiger partial charge on any atom is 0.0940 e. The lowest BCUT2D eigenvalue weighted by atomic mass is 9.90. The van der Waals surface area contributed by atoms with Crippen LogP contribution in [0.2, 0.25) is 0 Å². The quantitative estimate of drug-likeness (QED) is 0.686. The van der Waals surface area contributed by atoms with Crippen molar-refractivity contribution in [1.82, 2.24) is 9.88 Å². The molecule has 1 aliphatic rings. The van der Waals surface area contributed by atoms with Crippen LogP contribution in [0.25, 0.3) is 10.9 Å². The Balaban J connectivity index is 1.38. The molecule has 1 aromatic heterocycles. The molecule has 27 heavy (non-hydrogen) atoms. The van der Waals surface area contributed by atoms with Crippen molar-refractivity contribution in [2.45, 2.75) is 39.2 Å². The van der Waals surface area contributed by atoms with Gasteiger partial charge in [-0.25, -0.2) is 0 Å². The SMILES string of the molecule is Cc1ccc2[nH]c(C)c([C@H](O)CN3CCC(Cc4ccccc4)CC3)c2c1. The summed E-state index contributed by atoms with van der Waals surface area (Å²) in [6.07, 6.45) is 3.17. The number of aliphatic hydroxyl groups excluding tert-OH is 1. The van der Waals surface area contributed by atoms with Crippen LogP contribution in [-0.4, -0.2) is 34.6 Å². The second-order valence-electron chi connectivity index (χ2n) is 8.16. The van der Waals surface area contributed by atoms with Gasteiger partial charge in [0.15, 0.2) is 0 Å². The van der Waals surface area contributed by atoms with Gasteiger partial charge in [-0.1, -0.05) is 42.0 Å². The number of benzene rings is 2. The molecule has 0 radical (unpaired) electrons. The molecule has 2 aromatic carbocycles. The Kier molecular flexibility index (Phi) is 5.33. The molecule has 1 aliphatic heterocycles. The molecule has 0 saturated carbocycles. The van der Waals surface area contributed by atoms with E-state index in [9.17, 15) is 5.11 Å². The van der Waals surface area contributed by atoms with Crippen molar-refractivity contribution >= 4 is 10.9 Å². The zero-order valence-corrected chi connectivity index (χ0v) is 16.4. The van der Waals surface area contributed by atoms with E-state index in [1.807, 2.05) is 0 Å². The zero-order valence-electron chi connectivity index (χ0n) is 16.4. The van der Waals surface area contributed by atoms with Crippen molar-refractivity contribution in [3.8, 4) is 0 Å². The summed E-state index contributed by atoms with van der Waals surface area (Å²) >= 11 is 0. The van der Waals surface area contributed by atoms with Crippen LogP contribution in [-0.2, 0) is 6.42 Å². The summed E-state index contributed by atoms with van der Waals surface area (Å²) in [6.45, 7) is 7.05. The number of aryl methyl sites for hydroxylation is 2. The van der Waals surface area contributed by atoms with Gasteiger partial charge in [0, 0.05) is 28.7 Å². The molecule has 0 amide bonds. The third kappa shape index (κ3) is 4.10. The Morgan fingerprint density at radius 2 is 1.81 bits per heavy atom. The van der Waals surface area contributed by atoms with Gasteiger partial charge in [0.2, 0.25) is 0 Å². The highest BCUT2D eigenvalue weighted by molar-refractivity contribution is 5.85. The van der Waals surface area contributed by atoms with Gasteiger partial charge < -0.3 is 15.0 Å². The van der Waals surface area contributed by atoms with Crippen LogP contribution in [0.4, 0.5) is 0 Å². The lowest BCUT2D eigenvalue weighted by Gasteiger charge is -2.33. The number of aliphatic hydroxyl groups is 1. The van der Waals surface area contributed by atoms with Gasteiger partial charge >= 0.3 is 0 Å². The molecular weight excluding hydrogens is 332 g/mol. The number of piperidine rings is 1. The van der Waals surface area contributed by atoms with Crippen molar-refractivity contribution in [2.24, 2.45) is 5.92 Å². The molecule has 1 atom stereocenters. The van der Waals surface area contributed by atoms with E-state index in [0.717, 1.165) is 42.3 Å². The maximum atomic E-state index is 11.0. The van der Waals surface area contributed by atoms with E-state index in [2.05, 4.69) is 72.3 Å². The Labute approximate surface area is 162 Å². The lowest BCUT2D eigenvalue weighted by molar-refractivity contribution is 0.0898. The van der Waals surface area contributed by atoms with Gasteiger partial charge in [0.1, 0.15) is 0 Å². The summed E-state index contributed by atoms with van der Waals surface area (Å²) in [7, 11) is 0. The van der Waals surface area contributed by atoms with Crippen molar-refractivity contribution < 1.29 is 5.11 Å². The minimum absolute atomic E-state index is 0.439. The van der Waals surface area contributed by atoms with Gasteiger partial charge in [-0.15, -0.1) is 0 Å². The molecule has 0 unspecified atom stereocenters. The Bertz CT molecular complexity index is 891. The molecule has 0 aliphatic carbocycles. The van der Waals surface area contributed by atoms with E-state index in [1.165, 1.54) is 35.8 Å². The summed E-state index contributed by atoms with van der Waals surface area (Å²) in [5.41, 5.74) is 5.95. The number of H-pyrrole nitrogens is 1. The van der Waals surface area contributed by atoms with Gasteiger partial charge in [-0.2, -0.15) is 0 Å². The molecular formula is C24H30N2O. The number of β-amino-alcohol motifs (C(OH)–C–C–N with tert-alkyl or cyclic N) is 1. The van der Waals surface area contributed by atoms with E-state index in [0.29, 0.717) is 0 Å². The van der Waals surface area contributed by atoms with Crippen LogP contribution in [0.15, 0.2) is 48.5 Å². The molecule has 1 fully saturated rings. The first-order valence-corrected chi connectivity index (χ1v) is 10.1. The molecule has 3 nitrogen and oxygen atoms in total. The van der Waals surface area contributed by atoms with Crippen LogP contribution in [0.5, 0.6) is 0 Å². The first-order valence-electron chi connectivity index (χ1n) is 10.1. The molecule has 0 bridgehead atoms. The van der Waals surface area contributed by atoms with Gasteiger partial charge in [0.05, 0.1) is 6.10 Å². The number of nitrogens with one attached hydrogen (secondary N) is 1. The average molecular weight is 363 g/mol. The zero-order chi connectivity index (χ0) is 18.8. The first kappa shape index (κ1) is 18.3. The summed E-state index contributed by atoms with van der Waals surface area (Å²) in [6, 6.07) is 17.2. The van der Waals surface area contributed by atoms with Crippen molar-refractivity contribution in [3.05, 3.63) is 70.9 Å². The predicted molar refractivity (Wildman–Crippen MR) is 112 cm³/mol. The van der Waals surface area contributed by atoms with Gasteiger partial charge in [-0.3, -0.25) is 0 Å². The smallest absolute Gasteiger partial charge is 0.0940 e. The fourth-order valence-corrected chi connectivity index (χ4v) is 4.55. The molecule has 142 valence electrons. The van der Waals surface area contributed by atoms with E-state index >= 15 is 0 Å².